The number of phenolic OH excluding ortho intramolecular Hbond substituents is 1. The second kappa shape index (κ2) is 6.41. The van der Waals surface area contributed by atoms with E-state index in [1.807, 2.05) is 30.3 Å². The monoisotopic (exact) mass is 315 g/mol. The number of benzene rings is 2. The van der Waals surface area contributed by atoms with Crippen LogP contribution in [0.5, 0.6) is 5.75 Å². The molecule has 4 heteroatoms. The Bertz CT molecular complexity index is 699. The van der Waals surface area contributed by atoms with Crippen molar-refractivity contribution in [3.63, 3.8) is 0 Å². The summed E-state index contributed by atoms with van der Waals surface area (Å²) in [7, 11) is 0. The molecule has 2 aromatic rings. The molecular formula is C18H18ClNO2. The number of carbonyl (C=O) groups excluding carboxylic acids is 1. The summed E-state index contributed by atoms with van der Waals surface area (Å²) in [6.45, 7) is 0. The summed E-state index contributed by atoms with van der Waals surface area (Å²) in [5.74, 6) is 0.257. The van der Waals surface area contributed by atoms with Crippen molar-refractivity contribution in [3.05, 3.63) is 64.2 Å². The molecule has 1 aliphatic carbocycles. The number of aryl methyl sites for hydroxylation is 2. The zero-order valence-electron chi connectivity index (χ0n) is 12.2. The quantitative estimate of drug-likeness (QED) is 0.902. The molecule has 114 valence electrons. The fourth-order valence-electron chi connectivity index (χ4n) is 2.97. The molecule has 1 amide bonds. The van der Waals surface area contributed by atoms with Crippen LogP contribution in [0.1, 0.15) is 35.6 Å². The average molecular weight is 316 g/mol. The van der Waals surface area contributed by atoms with E-state index in [4.69, 9.17) is 11.6 Å². The minimum Gasteiger partial charge on any atom is -0.508 e. The van der Waals surface area contributed by atoms with Crippen LogP contribution in [-0.4, -0.2) is 11.0 Å². The van der Waals surface area contributed by atoms with Gasteiger partial charge in [0.1, 0.15) is 5.75 Å². The number of nitrogens with one attached hydrogen (secondary N) is 1. The number of amides is 1. The van der Waals surface area contributed by atoms with Crippen molar-refractivity contribution in [2.45, 2.75) is 31.7 Å². The number of carbonyl (C=O) groups is 1. The SMILES string of the molecule is O=C(CCc1ccccc1O)N[C@H]1CCc2cc(Cl)ccc21. The lowest BCUT2D eigenvalue weighted by atomic mass is 10.1. The maximum atomic E-state index is 12.1. The van der Waals surface area contributed by atoms with Crippen LogP contribution in [0.15, 0.2) is 42.5 Å². The van der Waals surface area contributed by atoms with Crippen molar-refractivity contribution in [1.29, 1.82) is 0 Å². The number of aromatic hydroxyl groups is 1. The summed E-state index contributed by atoms with van der Waals surface area (Å²) in [6.07, 6.45) is 2.77. The van der Waals surface area contributed by atoms with E-state index in [0.29, 0.717) is 12.8 Å². The van der Waals surface area contributed by atoms with Gasteiger partial charge in [-0.1, -0.05) is 35.9 Å². The van der Waals surface area contributed by atoms with Crippen molar-refractivity contribution >= 4 is 17.5 Å². The van der Waals surface area contributed by atoms with E-state index in [1.165, 1.54) is 11.1 Å². The van der Waals surface area contributed by atoms with Crippen molar-refractivity contribution in [2.75, 3.05) is 0 Å². The van der Waals surface area contributed by atoms with Crippen LogP contribution in [-0.2, 0) is 17.6 Å². The highest BCUT2D eigenvalue weighted by Gasteiger charge is 2.23. The molecule has 2 N–H and O–H groups in total. The van der Waals surface area contributed by atoms with Gasteiger partial charge in [0.25, 0.3) is 0 Å². The molecule has 0 unspecified atom stereocenters. The average Bonchev–Trinajstić information content (AvgIpc) is 2.88. The summed E-state index contributed by atoms with van der Waals surface area (Å²) < 4.78 is 0. The summed E-state index contributed by atoms with van der Waals surface area (Å²) in [5.41, 5.74) is 3.19. The molecule has 0 spiro atoms. The fourth-order valence-corrected chi connectivity index (χ4v) is 3.17. The topological polar surface area (TPSA) is 49.3 Å². The second-order valence-electron chi connectivity index (χ2n) is 5.63. The number of halogens is 1. The van der Waals surface area contributed by atoms with Crippen LogP contribution < -0.4 is 5.32 Å². The van der Waals surface area contributed by atoms with Crippen LogP contribution in [0.4, 0.5) is 0 Å². The lowest BCUT2D eigenvalue weighted by Crippen LogP contribution is -2.27. The van der Waals surface area contributed by atoms with Gasteiger partial charge >= 0.3 is 0 Å². The number of hydrogen-bond donors (Lipinski definition) is 2. The molecular weight excluding hydrogens is 298 g/mol. The Morgan fingerprint density at radius 2 is 2.09 bits per heavy atom. The maximum Gasteiger partial charge on any atom is 0.220 e. The zero-order valence-corrected chi connectivity index (χ0v) is 12.9. The van der Waals surface area contributed by atoms with Gasteiger partial charge in [0, 0.05) is 11.4 Å². The second-order valence-corrected chi connectivity index (χ2v) is 6.07. The molecule has 0 aliphatic heterocycles. The Balaban J connectivity index is 1.59. The summed E-state index contributed by atoms with van der Waals surface area (Å²) in [4.78, 5) is 12.1. The van der Waals surface area contributed by atoms with E-state index in [2.05, 4.69) is 5.32 Å². The molecule has 3 nitrogen and oxygen atoms in total. The normalized spacial score (nSPS) is 16.3. The molecule has 1 aliphatic rings. The van der Waals surface area contributed by atoms with Gasteiger partial charge in [0.2, 0.25) is 5.91 Å². The Morgan fingerprint density at radius 3 is 2.91 bits per heavy atom. The summed E-state index contributed by atoms with van der Waals surface area (Å²) >= 11 is 6.00. The Morgan fingerprint density at radius 1 is 1.27 bits per heavy atom. The van der Waals surface area contributed by atoms with Crippen molar-refractivity contribution in [1.82, 2.24) is 5.32 Å². The van der Waals surface area contributed by atoms with Gasteiger partial charge in [0.15, 0.2) is 0 Å². The van der Waals surface area contributed by atoms with E-state index in [-0.39, 0.29) is 17.7 Å². The van der Waals surface area contributed by atoms with Crippen LogP contribution >= 0.6 is 11.6 Å². The van der Waals surface area contributed by atoms with Crippen LogP contribution in [0.2, 0.25) is 5.02 Å². The van der Waals surface area contributed by atoms with E-state index in [1.54, 1.807) is 12.1 Å². The maximum absolute atomic E-state index is 12.1. The lowest BCUT2D eigenvalue weighted by molar-refractivity contribution is -0.121. The first-order chi connectivity index (χ1) is 10.6. The highest BCUT2D eigenvalue weighted by Crippen LogP contribution is 2.32. The fraction of sp³-hybridized carbons (Fsp3) is 0.278. The first kappa shape index (κ1) is 14.9. The molecule has 1 atom stereocenters. The van der Waals surface area contributed by atoms with Gasteiger partial charge in [-0.05, 0) is 54.2 Å². The molecule has 0 fully saturated rings. The van der Waals surface area contributed by atoms with E-state index >= 15 is 0 Å². The van der Waals surface area contributed by atoms with Crippen molar-refractivity contribution in [3.8, 4) is 5.75 Å². The molecule has 0 radical (unpaired) electrons. The molecule has 0 heterocycles. The van der Waals surface area contributed by atoms with Crippen molar-refractivity contribution < 1.29 is 9.90 Å². The van der Waals surface area contributed by atoms with Crippen LogP contribution in [0, 0.1) is 0 Å². The molecule has 0 bridgehead atoms. The third-order valence-corrected chi connectivity index (χ3v) is 4.37. The molecule has 0 saturated heterocycles. The molecule has 22 heavy (non-hydrogen) atoms. The largest absolute Gasteiger partial charge is 0.508 e. The summed E-state index contributed by atoms with van der Waals surface area (Å²) in [5, 5.41) is 13.5. The van der Waals surface area contributed by atoms with E-state index in [0.717, 1.165) is 23.4 Å². The molecule has 3 rings (SSSR count). The van der Waals surface area contributed by atoms with Gasteiger partial charge in [-0.3, -0.25) is 4.79 Å². The number of hydrogen-bond acceptors (Lipinski definition) is 2. The van der Waals surface area contributed by atoms with Crippen LogP contribution in [0.3, 0.4) is 0 Å². The summed E-state index contributed by atoms with van der Waals surface area (Å²) in [6, 6.07) is 13.0. The molecule has 0 aromatic heterocycles. The minimum atomic E-state index is 0.0102. The third-order valence-electron chi connectivity index (χ3n) is 4.13. The molecule has 2 aromatic carbocycles. The standard InChI is InChI=1S/C18H18ClNO2/c19-14-7-8-15-13(11-14)5-9-16(15)20-18(22)10-6-12-3-1-2-4-17(12)21/h1-4,7-8,11,16,21H,5-6,9-10H2,(H,20,22)/t16-/m0/s1. The Labute approximate surface area is 134 Å². The van der Waals surface area contributed by atoms with Gasteiger partial charge in [-0.15, -0.1) is 0 Å². The predicted molar refractivity (Wildman–Crippen MR) is 87.1 cm³/mol. The number of rotatable bonds is 4. The number of phenols is 1. The van der Waals surface area contributed by atoms with Gasteiger partial charge < -0.3 is 10.4 Å². The zero-order chi connectivity index (χ0) is 15.5. The molecule has 0 saturated carbocycles. The smallest absolute Gasteiger partial charge is 0.220 e. The Hall–Kier alpha value is -2.00. The highest BCUT2D eigenvalue weighted by atomic mass is 35.5. The Kier molecular flexibility index (Phi) is 4.34. The van der Waals surface area contributed by atoms with E-state index < -0.39 is 0 Å². The number of fused-ring (bicyclic) bond motifs is 1. The predicted octanol–water partition coefficient (Wildman–Crippen LogP) is 3.78. The number of para-hydroxylation sites is 1. The van der Waals surface area contributed by atoms with E-state index in [9.17, 15) is 9.90 Å². The lowest BCUT2D eigenvalue weighted by Gasteiger charge is -2.14. The first-order valence-electron chi connectivity index (χ1n) is 7.48. The van der Waals surface area contributed by atoms with Crippen LogP contribution in [0.25, 0.3) is 0 Å². The first-order valence-corrected chi connectivity index (χ1v) is 7.86. The third kappa shape index (κ3) is 3.25. The van der Waals surface area contributed by atoms with Gasteiger partial charge in [-0.2, -0.15) is 0 Å². The van der Waals surface area contributed by atoms with Gasteiger partial charge in [-0.25, -0.2) is 0 Å². The minimum absolute atomic E-state index is 0.0102. The van der Waals surface area contributed by atoms with Crippen molar-refractivity contribution in [2.24, 2.45) is 0 Å². The highest BCUT2D eigenvalue weighted by molar-refractivity contribution is 6.30. The van der Waals surface area contributed by atoms with Gasteiger partial charge in [0.05, 0.1) is 6.04 Å².